The average Bonchev–Trinajstić information content (AvgIpc) is 3.27. The molecule has 0 bridgehead atoms. The maximum atomic E-state index is 5.47. The molecule has 1 atom stereocenters. The van der Waals surface area contributed by atoms with Crippen LogP contribution in [0.1, 0.15) is 24.0 Å². The van der Waals surface area contributed by atoms with E-state index in [2.05, 4.69) is 20.1 Å². The third kappa shape index (κ3) is 2.73. The Hall–Kier alpha value is -2.60. The van der Waals surface area contributed by atoms with Crippen LogP contribution in [0.4, 0.5) is 0 Å². The molecule has 1 aliphatic heterocycles. The van der Waals surface area contributed by atoms with E-state index in [1.54, 1.807) is 6.20 Å². The molecular weight excluding hydrogens is 292 g/mol. The molecule has 116 valence electrons. The van der Waals surface area contributed by atoms with Crippen molar-refractivity contribution in [2.24, 2.45) is 0 Å². The molecule has 23 heavy (non-hydrogen) atoms. The van der Waals surface area contributed by atoms with Gasteiger partial charge in [0, 0.05) is 24.3 Å². The highest BCUT2D eigenvalue weighted by atomic mass is 16.5. The van der Waals surface area contributed by atoms with Crippen molar-refractivity contribution in [3.05, 3.63) is 48.2 Å². The van der Waals surface area contributed by atoms with E-state index in [1.807, 2.05) is 37.3 Å². The number of hydrogen-bond donors (Lipinski definition) is 0. The second-order valence-electron chi connectivity index (χ2n) is 5.56. The summed E-state index contributed by atoms with van der Waals surface area (Å²) in [6.45, 7) is 3.26. The van der Waals surface area contributed by atoms with Gasteiger partial charge in [0.2, 0.25) is 0 Å². The first-order chi connectivity index (χ1) is 11.3. The minimum atomic E-state index is 0.207. The topological polar surface area (TPSA) is 73.9 Å². The third-order valence-corrected chi connectivity index (χ3v) is 3.92. The average molecular weight is 308 g/mol. The molecule has 1 saturated heterocycles. The zero-order valence-corrected chi connectivity index (χ0v) is 12.8. The summed E-state index contributed by atoms with van der Waals surface area (Å²) in [5.74, 6) is 2.05. The molecule has 1 aliphatic rings. The Morgan fingerprint density at radius 3 is 2.78 bits per heavy atom. The summed E-state index contributed by atoms with van der Waals surface area (Å²) in [5.41, 5.74) is 2.55. The second-order valence-corrected chi connectivity index (χ2v) is 5.56. The van der Waals surface area contributed by atoms with Gasteiger partial charge >= 0.3 is 0 Å². The number of aryl methyl sites for hydroxylation is 1. The molecule has 1 unspecified atom stereocenters. The van der Waals surface area contributed by atoms with Crippen molar-refractivity contribution >= 4 is 0 Å². The van der Waals surface area contributed by atoms with Crippen LogP contribution in [-0.4, -0.2) is 33.3 Å². The maximum Gasteiger partial charge on any atom is 0.261 e. The van der Waals surface area contributed by atoms with E-state index in [9.17, 15) is 0 Å². The first kappa shape index (κ1) is 14.0. The summed E-state index contributed by atoms with van der Waals surface area (Å²) < 4.78 is 10.9. The molecule has 1 aromatic carbocycles. The van der Waals surface area contributed by atoms with E-state index in [0.29, 0.717) is 24.1 Å². The molecule has 2 aromatic heterocycles. The van der Waals surface area contributed by atoms with Gasteiger partial charge in [-0.1, -0.05) is 35.5 Å². The molecule has 3 heterocycles. The van der Waals surface area contributed by atoms with Crippen LogP contribution in [-0.2, 0) is 4.74 Å². The number of hydrogen-bond acceptors (Lipinski definition) is 6. The van der Waals surface area contributed by atoms with Crippen LogP contribution in [0.15, 0.2) is 41.1 Å². The van der Waals surface area contributed by atoms with Crippen molar-refractivity contribution in [2.75, 3.05) is 13.2 Å². The lowest BCUT2D eigenvalue weighted by atomic mass is 10.1. The van der Waals surface area contributed by atoms with Gasteiger partial charge in [-0.3, -0.25) is 0 Å². The van der Waals surface area contributed by atoms with Gasteiger partial charge in [-0.05, 0) is 13.3 Å². The van der Waals surface area contributed by atoms with E-state index in [0.717, 1.165) is 29.8 Å². The smallest absolute Gasteiger partial charge is 0.261 e. The van der Waals surface area contributed by atoms with Gasteiger partial charge in [0.15, 0.2) is 5.82 Å². The van der Waals surface area contributed by atoms with Gasteiger partial charge in [-0.2, -0.15) is 4.98 Å². The van der Waals surface area contributed by atoms with Gasteiger partial charge in [0.05, 0.1) is 17.9 Å². The van der Waals surface area contributed by atoms with E-state index in [-0.39, 0.29) is 5.92 Å². The van der Waals surface area contributed by atoms with Crippen LogP contribution in [0.2, 0.25) is 0 Å². The van der Waals surface area contributed by atoms with Crippen molar-refractivity contribution in [3.63, 3.8) is 0 Å². The summed E-state index contributed by atoms with van der Waals surface area (Å²) in [6.07, 6.45) is 2.67. The highest BCUT2D eigenvalue weighted by Gasteiger charge is 2.24. The standard InChI is InChI=1S/C17H16N4O2/c1-11-18-9-14(15(19-11)12-5-3-2-4-6-12)17-20-16(21-23-17)13-7-8-22-10-13/h2-6,9,13H,7-8,10H2,1H3. The number of benzene rings is 1. The molecule has 1 fully saturated rings. The molecule has 6 nitrogen and oxygen atoms in total. The van der Waals surface area contributed by atoms with Gasteiger partial charge in [-0.25, -0.2) is 9.97 Å². The highest BCUT2D eigenvalue weighted by Crippen LogP contribution is 2.31. The lowest BCUT2D eigenvalue weighted by Crippen LogP contribution is -2.00. The fourth-order valence-electron chi connectivity index (χ4n) is 2.69. The lowest BCUT2D eigenvalue weighted by Gasteiger charge is -2.06. The number of aromatic nitrogens is 4. The van der Waals surface area contributed by atoms with Crippen molar-refractivity contribution in [2.45, 2.75) is 19.3 Å². The van der Waals surface area contributed by atoms with Crippen LogP contribution in [0, 0.1) is 6.92 Å². The zero-order valence-electron chi connectivity index (χ0n) is 12.8. The summed E-state index contributed by atoms with van der Waals surface area (Å²) in [5, 5.41) is 4.11. The van der Waals surface area contributed by atoms with Crippen molar-refractivity contribution < 1.29 is 9.26 Å². The second kappa shape index (κ2) is 5.89. The van der Waals surface area contributed by atoms with Crippen LogP contribution < -0.4 is 0 Å². The van der Waals surface area contributed by atoms with Crippen LogP contribution in [0.5, 0.6) is 0 Å². The van der Waals surface area contributed by atoms with Gasteiger partial charge in [0.1, 0.15) is 5.82 Å². The molecule has 0 aliphatic carbocycles. The number of rotatable bonds is 3. The van der Waals surface area contributed by atoms with Crippen LogP contribution >= 0.6 is 0 Å². The molecule has 0 N–H and O–H groups in total. The molecule has 3 aromatic rings. The molecule has 0 radical (unpaired) electrons. The number of nitrogens with zero attached hydrogens (tertiary/aromatic N) is 4. The van der Waals surface area contributed by atoms with Crippen molar-refractivity contribution in [3.8, 4) is 22.7 Å². The first-order valence-corrected chi connectivity index (χ1v) is 7.62. The Balaban J connectivity index is 1.77. The molecule has 0 spiro atoms. The normalized spacial score (nSPS) is 17.5. The van der Waals surface area contributed by atoms with Crippen LogP contribution in [0.25, 0.3) is 22.7 Å². The fraction of sp³-hybridized carbons (Fsp3) is 0.294. The van der Waals surface area contributed by atoms with Gasteiger partial charge in [-0.15, -0.1) is 0 Å². The Kier molecular flexibility index (Phi) is 3.59. The number of ether oxygens (including phenoxy) is 1. The van der Waals surface area contributed by atoms with Gasteiger partial charge < -0.3 is 9.26 Å². The monoisotopic (exact) mass is 308 g/mol. The molecule has 0 amide bonds. The quantitative estimate of drug-likeness (QED) is 0.740. The summed E-state index contributed by atoms with van der Waals surface area (Å²) in [4.78, 5) is 13.4. The Labute approximate surface area is 133 Å². The third-order valence-electron chi connectivity index (χ3n) is 3.92. The summed E-state index contributed by atoms with van der Waals surface area (Å²) in [7, 11) is 0. The Bertz CT molecular complexity index is 810. The minimum Gasteiger partial charge on any atom is -0.381 e. The van der Waals surface area contributed by atoms with Gasteiger partial charge in [0.25, 0.3) is 5.89 Å². The predicted molar refractivity (Wildman–Crippen MR) is 83.7 cm³/mol. The predicted octanol–water partition coefficient (Wildman–Crippen LogP) is 3.01. The van der Waals surface area contributed by atoms with E-state index in [1.165, 1.54) is 0 Å². The SMILES string of the molecule is Cc1ncc(-c2nc(C3CCOC3)no2)c(-c2ccccc2)n1. The lowest BCUT2D eigenvalue weighted by molar-refractivity contribution is 0.192. The maximum absolute atomic E-state index is 5.47. The fourth-order valence-corrected chi connectivity index (χ4v) is 2.69. The zero-order chi connectivity index (χ0) is 15.6. The Morgan fingerprint density at radius 2 is 2.00 bits per heavy atom. The van der Waals surface area contributed by atoms with E-state index < -0.39 is 0 Å². The van der Waals surface area contributed by atoms with Crippen molar-refractivity contribution in [1.82, 2.24) is 20.1 Å². The summed E-state index contributed by atoms with van der Waals surface area (Å²) in [6, 6.07) is 9.94. The molecule has 0 saturated carbocycles. The summed E-state index contributed by atoms with van der Waals surface area (Å²) >= 11 is 0. The van der Waals surface area contributed by atoms with E-state index >= 15 is 0 Å². The Morgan fingerprint density at radius 1 is 1.13 bits per heavy atom. The molecule has 6 heteroatoms. The molecular formula is C17H16N4O2. The largest absolute Gasteiger partial charge is 0.381 e. The highest BCUT2D eigenvalue weighted by molar-refractivity contribution is 5.75. The van der Waals surface area contributed by atoms with Crippen LogP contribution in [0.3, 0.4) is 0 Å². The van der Waals surface area contributed by atoms with Crippen molar-refractivity contribution in [1.29, 1.82) is 0 Å². The first-order valence-electron chi connectivity index (χ1n) is 7.62. The minimum absolute atomic E-state index is 0.207. The molecule has 4 rings (SSSR count). The van der Waals surface area contributed by atoms with E-state index in [4.69, 9.17) is 9.26 Å².